The minimum Gasteiger partial charge on any atom is -0.434 e. The molecule has 2 aliphatic rings. The van der Waals surface area contributed by atoms with E-state index in [0.29, 0.717) is 24.1 Å². The summed E-state index contributed by atoms with van der Waals surface area (Å²) in [5, 5.41) is 7.90. The molecule has 0 fully saturated rings. The van der Waals surface area contributed by atoms with Gasteiger partial charge in [-0.3, -0.25) is 9.78 Å². The zero-order valence-corrected chi connectivity index (χ0v) is 19.2. The van der Waals surface area contributed by atoms with Gasteiger partial charge in [0.2, 0.25) is 0 Å². The molecule has 1 amide bonds. The van der Waals surface area contributed by atoms with Crippen molar-refractivity contribution in [2.75, 3.05) is 14.1 Å². The van der Waals surface area contributed by atoms with Crippen molar-refractivity contribution in [3.8, 4) is 16.9 Å². The molecule has 0 saturated carbocycles. The number of rotatable bonds is 5. The van der Waals surface area contributed by atoms with E-state index in [4.69, 9.17) is 9.84 Å². The highest BCUT2D eigenvalue weighted by atomic mass is 19.3. The number of amides is 1. The number of halogens is 2. The number of ether oxygens (including phenoxy) is 1. The Morgan fingerprint density at radius 3 is 2.77 bits per heavy atom. The Balaban J connectivity index is 1.52. The number of benzene rings is 1. The van der Waals surface area contributed by atoms with Crippen molar-refractivity contribution in [1.29, 1.82) is 0 Å². The standard InChI is InChI=1S/C26H23F2N5O2/c1-29-13-16-7-6-15(12-30-16)14-8-9-33-19(10-14)23-18-11-20(24(23)31-33)32(2)25(34)17-4-3-5-21(22(17)18)35-26(27)28/h3-10,12,18,20,26,29H,11,13H2,1-2H3. The molecule has 35 heavy (non-hydrogen) atoms. The van der Waals surface area contributed by atoms with Gasteiger partial charge in [0.15, 0.2) is 0 Å². The van der Waals surface area contributed by atoms with Crippen LogP contribution in [-0.2, 0) is 6.54 Å². The third kappa shape index (κ3) is 3.37. The number of pyridine rings is 2. The Kier molecular flexibility index (Phi) is 5.03. The second-order valence-corrected chi connectivity index (χ2v) is 8.93. The first-order valence-electron chi connectivity index (χ1n) is 11.4. The first kappa shape index (κ1) is 21.7. The van der Waals surface area contributed by atoms with Crippen molar-refractivity contribution >= 4 is 11.4 Å². The van der Waals surface area contributed by atoms with Crippen LogP contribution in [0.15, 0.2) is 54.9 Å². The predicted molar refractivity (Wildman–Crippen MR) is 126 cm³/mol. The molecule has 4 aromatic rings. The fraction of sp³-hybridized carbons (Fsp3) is 0.269. The van der Waals surface area contributed by atoms with Gasteiger partial charge in [-0.1, -0.05) is 12.1 Å². The highest BCUT2D eigenvalue weighted by Crippen LogP contribution is 2.53. The molecular formula is C26H23F2N5O2. The quantitative estimate of drug-likeness (QED) is 0.464. The van der Waals surface area contributed by atoms with Crippen LogP contribution in [0.1, 0.15) is 51.3 Å². The molecule has 1 aromatic carbocycles. The Labute approximate surface area is 200 Å². The largest absolute Gasteiger partial charge is 0.434 e. The zero-order valence-electron chi connectivity index (χ0n) is 19.2. The number of fused-ring (bicyclic) bond motifs is 9. The monoisotopic (exact) mass is 475 g/mol. The van der Waals surface area contributed by atoms with Crippen molar-refractivity contribution in [3.63, 3.8) is 0 Å². The van der Waals surface area contributed by atoms with E-state index in [0.717, 1.165) is 33.6 Å². The van der Waals surface area contributed by atoms with Gasteiger partial charge in [-0.15, -0.1) is 0 Å². The molecule has 0 saturated heterocycles. The summed E-state index contributed by atoms with van der Waals surface area (Å²) in [6.45, 7) is -2.30. The Morgan fingerprint density at radius 2 is 2.03 bits per heavy atom. The van der Waals surface area contributed by atoms with Crippen LogP contribution >= 0.6 is 0 Å². The molecule has 178 valence electrons. The Morgan fingerprint density at radius 1 is 1.17 bits per heavy atom. The Bertz CT molecular complexity index is 1450. The maximum Gasteiger partial charge on any atom is 0.387 e. The number of hydrogen-bond donors (Lipinski definition) is 1. The van der Waals surface area contributed by atoms with Crippen molar-refractivity contribution in [2.45, 2.75) is 31.5 Å². The number of carbonyl (C=O) groups excluding carboxylic acids is 1. The van der Waals surface area contributed by atoms with E-state index < -0.39 is 6.61 Å². The van der Waals surface area contributed by atoms with E-state index in [1.807, 2.05) is 37.6 Å². The molecule has 6 rings (SSSR count). The lowest BCUT2D eigenvalue weighted by molar-refractivity contribution is -0.0505. The van der Waals surface area contributed by atoms with Crippen LogP contribution in [0.3, 0.4) is 0 Å². The number of hydrogen-bond acceptors (Lipinski definition) is 5. The van der Waals surface area contributed by atoms with E-state index in [1.54, 1.807) is 28.6 Å². The molecule has 2 unspecified atom stereocenters. The van der Waals surface area contributed by atoms with Gasteiger partial charge in [-0.2, -0.15) is 13.9 Å². The van der Waals surface area contributed by atoms with Gasteiger partial charge in [0.05, 0.1) is 22.9 Å². The average molecular weight is 475 g/mol. The van der Waals surface area contributed by atoms with Crippen LogP contribution in [0.25, 0.3) is 16.6 Å². The van der Waals surface area contributed by atoms with Gasteiger partial charge in [0.1, 0.15) is 5.75 Å². The summed E-state index contributed by atoms with van der Waals surface area (Å²) in [5.41, 5.74) is 6.41. The summed E-state index contributed by atoms with van der Waals surface area (Å²) in [4.78, 5) is 19.4. The van der Waals surface area contributed by atoms with E-state index in [9.17, 15) is 13.6 Å². The molecule has 4 heterocycles. The summed E-state index contributed by atoms with van der Waals surface area (Å²) >= 11 is 0. The van der Waals surface area contributed by atoms with Crippen molar-refractivity contribution in [1.82, 2.24) is 24.8 Å². The predicted octanol–water partition coefficient (Wildman–Crippen LogP) is 4.38. The fourth-order valence-corrected chi connectivity index (χ4v) is 5.42. The molecule has 9 heteroatoms. The van der Waals surface area contributed by atoms with Gasteiger partial charge in [-0.05, 0) is 49.4 Å². The lowest BCUT2D eigenvalue weighted by Crippen LogP contribution is -2.30. The highest BCUT2D eigenvalue weighted by molar-refractivity contribution is 5.98. The van der Waals surface area contributed by atoms with Gasteiger partial charge in [0.25, 0.3) is 5.91 Å². The van der Waals surface area contributed by atoms with Crippen LogP contribution in [0.5, 0.6) is 5.75 Å². The normalized spacial score (nSPS) is 18.7. The maximum absolute atomic E-state index is 13.3. The number of nitrogens with zero attached hydrogens (tertiary/aromatic N) is 4. The fourth-order valence-electron chi connectivity index (χ4n) is 5.42. The third-order valence-electron chi connectivity index (χ3n) is 6.99. The van der Waals surface area contributed by atoms with Gasteiger partial charge >= 0.3 is 6.61 Å². The van der Waals surface area contributed by atoms with Crippen LogP contribution in [0, 0.1) is 0 Å². The highest BCUT2D eigenvalue weighted by Gasteiger charge is 2.46. The lowest BCUT2D eigenvalue weighted by Gasteiger charge is -2.23. The van der Waals surface area contributed by atoms with E-state index in [2.05, 4.69) is 16.4 Å². The summed E-state index contributed by atoms with van der Waals surface area (Å²) < 4.78 is 33.2. The minimum atomic E-state index is -2.98. The number of aromatic nitrogens is 3. The summed E-state index contributed by atoms with van der Waals surface area (Å²) in [6, 6.07) is 12.6. The molecule has 1 N–H and O–H groups in total. The number of nitrogens with one attached hydrogen (secondary N) is 1. The Hall–Kier alpha value is -3.85. The molecule has 1 aliphatic heterocycles. The first-order valence-corrected chi connectivity index (χ1v) is 11.4. The van der Waals surface area contributed by atoms with Crippen molar-refractivity contribution < 1.29 is 18.3 Å². The van der Waals surface area contributed by atoms with Crippen LogP contribution in [0.4, 0.5) is 8.78 Å². The van der Waals surface area contributed by atoms with Crippen molar-refractivity contribution in [2.24, 2.45) is 0 Å². The minimum absolute atomic E-state index is 0.0394. The molecule has 3 aromatic heterocycles. The summed E-state index contributed by atoms with van der Waals surface area (Å²) in [6.07, 6.45) is 4.30. The molecule has 2 atom stereocenters. The molecule has 0 radical (unpaired) electrons. The SMILES string of the molecule is CNCc1ccc(-c2ccn3nc4c(c3c2)C2CC4N(C)C(=O)c3cccc(OC(F)F)c32)cn1. The molecule has 7 nitrogen and oxygen atoms in total. The summed E-state index contributed by atoms with van der Waals surface area (Å²) in [7, 11) is 3.62. The smallest absolute Gasteiger partial charge is 0.387 e. The molecule has 1 aliphatic carbocycles. The molecule has 2 bridgehead atoms. The van der Waals surface area contributed by atoms with Gasteiger partial charge < -0.3 is 15.0 Å². The van der Waals surface area contributed by atoms with E-state index >= 15 is 0 Å². The first-order chi connectivity index (χ1) is 17.0. The second kappa shape index (κ2) is 8.13. The van der Waals surface area contributed by atoms with Crippen molar-refractivity contribution in [3.05, 3.63) is 82.9 Å². The molecular weight excluding hydrogens is 452 g/mol. The van der Waals surface area contributed by atoms with E-state index in [-0.39, 0.29) is 23.6 Å². The van der Waals surface area contributed by atoms with Gasteiger partial charge in [0, 0.05) is 54.2 Å². The maximum atomic E-state index is 13.3. The number of carbonyl (C=O) groups is 1. The lowest BCUT2D eigenvalue weighted by atomic mass is 9.88. The van der Waals surface area contributed by atoms with Gasteiger partial charge in [-0.25, -0.2) is 4.52 Å². The number of alkyl halides is 2. The molecule has 0 spiro atoms. The van der Waals surface area contributed by atoms with E-state index in [1.165, 1.54) is 6.07 Å². The summed E-state index contributed by atoms with van der Waals surface area (Å²) in [5.74, 6) is -0.473. The van der Waals surface area contributed by atoms with Crippen LogP contribution in [-0.4, -0.2) is 46.1 Å². The van der Waals surface area contributed by atoms with Crippen LogP contribution < -0.4 is 10.1 Å². The topological polar surface area (TPSA) is 71.8 Å². The third-order valence-corrected chi connectivity index (χ3v) is 6.99. The average Bonchev–Trinajstić information content (AvgIpc) is 3.37. The zero-order chi connectivity index (χ0) is 24.3. The second-order valence-electron chi connectivity index (χ2n) is 8.93. The van der Waals surface area contributed by atoms with Crippen LogP contribution in [0.2, 0.25) is 0 Å².